The largest absolute Gasteiger partial charge is 0.548 e. The molecule has 6 N–H and O–H groups in total. The van der Waals surface area contributed by atoms with Gasteiger partial charge in [-0.05, 0) is 12.8 Å². The van der Waals surface area contributed by atoms with Gasteiger partial charge in [-0.15, -0.1) is 0 Å². The first-order chi connectivity index (χ1) is 6.93. The van der Waals surface area contributed by atoms with Crippen molar-refractivity contribution in [1.29, 1.82) is 0 Å². The maximum Gasteiger partial charge on any atom is 0.338 e. The quantitative estimate of drug-likeness (QED) is 0.201. The second-order valence-corrected chi connectivity index (χ2v) is 3.10. The molecule has 0 aromatic rings. The van der Waals surface area contributed by atoms with Crippen molar-refractivity contribution in [2.45, 2.75) is 25.8 Å². The summed E-state index contributed by atoms with van der Waals surface area (Å²) in [6.45, 7) is 1.70. The molecule has 15 heavy (non-hydrogen) atoms. The van der Waals surface area contributed by atoms with Crippen molar-refractivity contribution in [2.24, 2.45) is 11.5 Å². The lowest BCUT2D eigenvalue weighted by Gasteiger charge is -2.17. The van der Waals surface area contributed by atoms with E-state index in [1.807, 2.05) is 0 Å². The molecule has 0 rings (SSSR count). The van der Waals surface area contributed by atoms with Crippen molar-refractivity contribution >= 4 is 17.8 Å². The van der Waals surface area contributed by atoms with E-state index in [-0.39, 0.29) is 12.4 Å². The summed E-state index contributed by atoms with van der Waals surface area (Å²) in [5.41, 5.74) is 10.3. The van der Waals surface area contributed by atoms with E-state index in [9.17, 15) is 14.7 Å². The third-order valence-electron chi connectivity index (χ3n) is 1.66. The highest BCUT2D eigenvalue weighted by molar-refractivity contribution is 5.80. The van der Waals surface area contributed by atoms with E-state index in [1.54, 1.807) is 0 Å². The van der Waals surface area contributed by atoms with Crippen LogP contribution in [0.1, 0.15) is 19.8 Å². The third kappa shape index (κ3) is 7.29. The summed E-state index contributed by atoms with van der Waals surface area (Å²) >= 11 is 0. The number of carboxylic acids is 1. The van der Waals surface area contributed by atoms with E-state index in [2.05, 4.69) is 10.3 Å². The molecule has 86 valence electrons. The molecule has 0 aliphatic heterocycles. The highest BCUT2D eigenvalue weighted by atomic mass is 16.4. The number of rotatable bonds is 6. The van der Waals surface area contributed by atoms with Gasteiger partial charge in [0, 0.05) is 6.92 Å². The van der Waals surface area contributed by atoms with Gasteiger partial charge in [-0.1, -0.05) is 0 Å². The fourth-order valence-corrected chi connectivity index (χ4v) is 1.03. The summed E-state index contributed by atoms with van der Waals surface area (Å²) in [6.07, 6.45) is 0.777. The number of nitrogens with two attached hydrogens (primary N) is 2. The zero-order valence-electron chi connectivity index (χ0n) is 8.58. The van der Waals surface area contributed by atoms with Gasteiger partial charge in [0.05, 0.1) is 18.6 Å². The van der Waals surface area contributed by atoms with Crippen molar-refractivity contribution in [3.63, 3.8) is 0 Å². The molecular formula is C8H16N4O3. The fourth-order valence-electron chi connectivity index (χ4n) is 1.03. The molecule has 0 aromatic carbocycles. The maximum absolute atomic E-state index is 10.6. The van der Waals surface area contributed by atoms with Crippen LogP contribution in [0.15, 0.2) is 0 Å². The normalized spacial score (nSPS) is 11.5. The van der Waals surface area contributed by atoms with Crippen LogP contribution < -0.4 is 26.9 Å². The van der Waals surface area contributed by atoms with Crippen molar-refractivity contribution in [3.05, 3.63) is 0 Å². The highest BCUT2D eigenvalue weighted by Crippen LogP contribution is 1.94. The fraction of sp³-hybridized carbons (Fsp3) is 0.625. The van der Waals surface area contributed by atoms with Gasteiger partial charge in [0.1, 0.15) is 0 Å². The summed E-state index contributed by atoms with van der Waals surface area (Å²) in [7, 11) is 0. The van der Waals surface area contributed by atoms with Gasteiger partial charge in [0.2, 0.25) is 5.91 Å². The monoisotopic (exact) mass is 216 g/mol. The first kappa shape index (κ1) is 13.2. The standard InChI is InChI=1S/C8H16N4O3/c1-5(13)12-6(7(14)15)3-2-4-11-8(9)10/h6H,2-4H2,1H3,(H,12,13)(H,14,15)(H4,9,10,11). The number of carbonyl (C=O) groups is 2. The van der Waals surface area contributed by atoms with E-state index in [0.29, 0.717) is 13.0 Å². The Bertz CT molecular complexity index is 261. The molecule has 0 saturated heterocycles. The van der Waals surface area contributed by atoms with Gasteiger partial charge in [-0.2, -0.15) is 0 Å². The molecule has 1 amide bonds. The predicted octanol–water partition coefficient (Wildman–Crippen LogP) is -4.62. The van der Waals surface area contributed by atoms with E-state index in [1.165, 1.54) is 6.92 Å². The van der Waals surface area contributed by atoms with Gasteiger partial charge in [0.15, 0.2) is 0 Å². The summed E-state index contributed by atoms with van der Waals surface area (Å²) in [4.78, 5) is 23.8. The van der Waals surface area contributed by atoms with Crippen molar-refractivity contribution in [3.8, 4) is 0 Å². The molecule has 0 aromatic heterocycles. The van der Waals surface area contributed by atoms with E-state index >= 15 is 0 Å². The topological polar surface area (TPSA) is 135 Å². The Balaban J connectivity index is 3.92. The molecular weight excluding hydrogens is 200 g/mol. The molecule has 1 atom stereocenters. The molecule has 0 spiro atoms. The first-order valence-electron chi connectivity index (χ1n) is 4.53. The number of hydrogen-bond donors (Lipinski definition) is 4. The molecule has 0 radical (unpaired) electrons. The maximum atomic E-state index is 10.6. The average molecular weight is 216 g/mol. The van der Waals surface area contributed by atoms with Crippen LogP contribution in [0.3, 0.4) is 0 Å². The van der Waals surface area contributed by atoms with Crippen LogP contribution in [0.5, 0.6) is 0 Å². The average Bonchev–Trinajstić information content (AvgIpc) is 2.08. The van der Waals surface area contributed by atoms with E-state index < -0.39 is 17.9 Å². The molecule has 0 aliphatic rings. The van der Waals surface area contributed by atoms with E-state index in [4.69, 9.17) is 11.5 Å². The van der Waals surface area contributed by atoms with Crippen LogP contribution >= 0.6 is 0 Å². The lowest BCUT2D eigenvalue weighted by Crippen LogP contribution is -2.78. The van der Waals surface area contributed by atoms with Gasteiger partial charge in [0.25, 0.3) is 0 Å². The van der Waals surface area contributed by atoms with Crippen molar-refractivity contribution in [1.82, 2.24) is 5.32 Å². The van der Waals surface area contributed by atoms with Gasteiger partial charge in [-0.25, -0.2) is 0 Å². The van der Waals surface area contributed by atoms with Gasteiger partial charge < -0.3 is 15.2 Å². The first-order valence-corrected chi connectivity index (χ1v) is 4.53. The number of nitrogens with one attached hydrogen (secondary N) is 2. The Morgan fingerprint density at radius 2 is 2.07 bits per heavy atom. The summed E-state index contributed by atoms with van der Waals surface area (Å²) in [5.74, 6) is -1.61. The molecule has 0 aliphatic carbocycles. The number of amides is 1. The van der Waals surface area contributed by atoms with Crippen molar-refractivity contribution < 1.29 is 19.7 Å². The lowest BCUT2D eigenvalue weighted by molar-refractivity contribution is -0.459. The number of guanidine groups is 1. The van der Waals surface area contributed by atoms with Crippen LogP contribution in [0, 0.1) is 0 Å². The predicted molar refractivity (Wildman–Crippen MR) is 51.1 cm³/mol. The number of carbonyl (C=O) groups excluding carboxylic acids is 2. The molecule has 1 unspecified atom stereocenters. The Labute approximate surface area is 87.5 Å². The molecule has 0 heterocycles. The number of carboxylic acid groups (broad SMARTS) is 1. The van der Waals surface area contributed by atoms with Crippen LogP contribution in [0.25, 0.3) is 0 Å². The van der Waals surface area contributed by atoms with Crippen LogP contribution in [-0.4, -0.2) is 30.4 Å². The Morgan fingerprint density at radius 1 is 1.47 bits per heavy atom. The van der Waals surface area contributed by atoms with Crippen LogP contribution in [-0.2, 0) is 9.59 Å². The van der Waals surface area contributed by atoms with Crippen LogP contribution in [0.2, 0.25) is 0 Å². The molecule has 0 fully saturated rings. The second kappa shape index (κ2) is 6.63. The Hall–Kier alpha value is -1.79. The highest BCUT2D eigenvalue weighted by Gasteiger charge is 2.10. The summed E-state index contributed by atoms with van der Waals surface area (Å²) < 4.78 is 0. The Kier molecular flexibility index (Phi) is 5.84. The third-order valence-corrected chi connectivity index (χ3v) is 1.66. The van der Waals surface area contributed by atoms with Gasteiger partial charge >= 0.3 is 5.96 Å². The molecule has 7 nitrogen and oxygen atoms in total. The Morgan fingerprint density at radius 3 is 2.47 bits per heavy atom. The minimum Gasteiger partial charge on any atom is -0.548 e. The van der Waals surface area contributed by atoms with Crippen molar-refractivity contribution in [2.75, 3.05) is 6.54 Å². The lowest BCUT2D eigenvalue weighted by atomic mass is 10.1. The number of hydrogen-bond acceptors (Lipinski definition) is 3. The zero-order valence-corrected chi connectivity index (χ0v) is 8.58. The molecule has 0 bridgehead atoms. The zero-order chi connectivity index (χ0) is 11.8. The SMILES string of the molecule is CC(=O)NC(CCC[NH+]=C(N)N)C(=O)[O-]. The minimum atomic E-state index is -1.30. The second-order valence-electron chi connectivity index (χ2n) is 3.10. The van der Waals surface area contributed by atoms with Crippen LogP contribution in [0.4, 0.5) is 0 Å². The summed E-state index contributed by atoms with van der Waals surface area (Å²) in [6, 6.07) is -0.969. The molecule has 0 saturated carbocycles. The van der Waals surface area contributed by atoms with E-state index in [0.717, 1.165) is 0 Å². The number of aliphatic carboxylic acids is 1. The smallest absolute Gasteiger partial charge is 0.338 e. The molecule has 7 heteroatoms. The minimum absolute atomic E-state index is 0.0829. The summed E-state index contributed by atoms with van der Waals surface area (Å²) in [5, 5.41) is 12.8. The van der Waals surface area contributed by atoms with Gasteiger partial charge in [-0.3, -0.25) is 21.3 Å².